The number of carbonyl (C=O) groups excluding carboxylic acids is 3. The lowest BCUT2D eigenvalue weighted by Gasteiger charge is -2.15. The van der Waals surface area contributed by atoms with Crippen LogP contribution in [0.5, 0.6) is 0 Å². The molecule has 32 heavy (non-hydrogen) atoms. The van der Waals surface area contributed by atoms with E-state index in [0.717, 1.165) is 0 Å². The average Bonchev–Trinajstić information content (AvgIpc) is 3.46. The predicted octanol–water partition coefficient (Wildman–Crippen LogP) is 3.57. The third kappa shape index (κ3) is 3.79. The summed E-state index contributed by atoms with van der Waals surface area (Å²) >= 11 is 0. The van der Waals surface area contributed by atoms with E-state index in [9.17, 15) is 14.4 Å². The molecule has 0 N–H and O–H groups in total. The fourth-order valence-electron chi connectivity index (χ4n) is 3.80. The summed E-state index contributed by atoms with van der Waals surface area (Å²) in [4.78, 5) is 39.7. The second-order valence-corrected chi connectivity index (χ2v) is 6.98. The Hall–Kier alpha value is -3.49. The van der Waals surface area contributed by atoms with E-state index in [4.69, 9.17) is 18.9 Å². The highest BCUT2D eigenvalue weighted by Gasteiger charge is 2.35. The van der Waals surface area contributed by atoms with E-state index in [-0.39, 0.29) is 30.0 Å². The van der Waals surface area contributed by atoms with Crippen molar-refractivity contribution < 1.29 is 33.3 Å². The number of hydrogen-bond donors (Lipinski definition) is 0. The molecule has 1 fully saturated rings. The Morgan fingerprint density at radius 3 is 2.12 bits per heavy atom. The maximum absolute atomic E-state index is 13.7. The number of carbonyl (C=O) groups is 3. The highest BCUT2D eigenvalue weighted by atomic mass is 16.7. The van der Waals surface area contributed by atoms with Crippen molar-refractivity contribution in [1.29, 1.82) is 0 Å². The number of rotatable bonds is 7. The molecular formula is C24H23NO7. The molecule has 1 aliphatic rings. The van der Waals surface area contributed by atoms with Crippen LogP contribution < -0.4 is 0 Å². The normalized spacial score (nSPS) is 13.9. The summed E-state index contributed by atoms with van der Waals surface area (Å²) in [5.74, 6) is -1.94. The van der Waals surface area contributed by atoms with Gasteiger partial charge in [0.1, 0.15) is 16.8 Å². The van der Waals surface area contributed by atoms with E-state index >= 15 is 0 Å². The first-order valence-corrected chi connectivity index (χ1v) is 10.4. The highest BCUT2D eigenvalue weighted by Crippen LogP contribution is 2.33. The molecule has 0 spiro atoms. The summed E-state index contributed by atoms with van der Waals surface area (Å²) in [5, 5.41) is 0. The maximum atomic E-state index is 13.7. The summed E-state index contributed by atoms with van der Waals surface area (Å²) in [5.41, 5.74) is 1.02. The van der Waals surface area contributed by atoms with Gasteiger partial charge in [-0.25, -0.2) is 9.59 Å². The van der Waals surface area contributed by atoms with Gasteiger partial charge < -0.3 is 23.3 Å². The van der Waals surface area contributed by atoms with Gasteiger partial charge in [0, 0.05) is 5.56 Å². The summed E-state index contributed by atoms with van der Waals surface area (Å²) < 4.78 is 23.4. The fourth-order valence-corrected chi connectivity index (χ4v) is 3.80. The van der Waals surface area contributed by atoms with Crippen LogP contribution in [0.1, 0.15) is 62.6 Å². The molecule has 0 saturated carbocycles. The first-order valence-electron chi connectivity index (χ1n) is 10.4. The standard InChI is InChI=1S/C24H23NO7/c1-3-29-22(27)18-16-11-8-12-17(24-31-13-14-32-24)25(16)20(19(18)23(28)30-4-2)21(26)15-9-6-5-7-10-15/h5-12,24H,3-4,13-14H2,1-2H3. The van der Waals surface area contributed by atoms with Gasteiger partial charge in [0.15, 0.2) is 6.29 Å². The Morgan fingerprint density at radius 1 is 0.875 bits per heavy atom. The van der Waals surface area contributed by atoms with E-state index in [1.165, 1.54) is 0 Å². The lowest BCUT2D eigenvalue weighted by atomic mass is 10.0. The van der Waals surface area contributed by atoms with Gasteiger partial charge in [0.2, 0.25) is 5.78 Å². The smallest absolute Gasteiger partial charge is 0.341 e. The van der Waals surface area contributed by atoms with Crippen molar-refractivity contribution >= 4 is 23.2 Å². The van der Waals surface area contributed by atoms with Gasteiger partial charge in [-0.2, -0.15) is 0 Å². The van der Waals surface area contributed by atoms with Gasteiger partial charge in [-0.15, -0.1) is 0 Å². The SMILES string of the molecule is CCOC(=O)c1c(C(=O)OCC)c2cccc(C3OCCO3)n2c1C(=O)c1ccccc1. The minimum atomic E-state index is -0.780. The molecule has 0 amide bonds. The zero-order valence-corrected chi connectivity index (χ0v) is 17.8. The van der Waals surface area contributed by atoms with Gasteiger partial charge in [-0.1, -0.05) is 36.4 Å². The van der Waals surface area contributed by atoms with Crippen LogP contribution in [0.25, 0.3) is 5.52 Å². The molecule has 8 heteroatoms. The predicted molar refractivity (Wildman–Crippen MR) is 114 cm³/mol. The van der Waals surface area contributed by atoms with E-state index in [1.807, 2.05) is 0 Å². The third-order valence-corrected chi connectivity index (χ3v) is 5.06. The minimum absolute atomic E-state index is 0.00223. The zero-order valence-electron chi connectivity index (χ0n) is 17.8. The van der Waals surface area contributed by atoms with Crippen LogP contribution in [0.2, 0.25) is 0 Å². The Balaban J connectivity index is 2.08. The molecule has 4 rings (SSSR count). The molecule has 8 nitrogen and oxygen atoms in total. The van der Waals surface area contributed by atoms with Crippen molar-refractivity contribution in [1.82, 2.24) is 4.40 Å². The van der Waals surface area contributed by atoms with E-state index in [1.54, 1.807) is 66.8 Å². The van der Waals surface area contributed by atoms with Gasteiger partial charge in [0.25, 0.3) is 0 Å². The Kier molecular flexibility index (Phi) is 6.34. The molecule has 3 aromatic rings. The lowest BCUT2D eigenvalue weighted by Crippen LogP contribution is -2.17. The molecule has 0 radical (unpaired) electrons. The number of esters is 2. The number of ether oxygens (including phenoxy) is 4. The largest absolute Gasteiger partial charge is 0.462 e. The highest BCUT2D eigenvalue weighted by molar-refractivity contribution is 6.20. The average molecular weight is 437 g/mol. The number of pyridine rings is 1. The molecule has 166 valence electrons. The molecule has 0 unspecified atom stereocenters. The van der Waals surface area contributed by atoms with Gasteiger partial charge >= 0.3 is 11.9 Å². The summed E-state index contributed by atoms with van der Waals surface area (Å²) in [7, 11) is 0. The van der Waals surface area contributed by atoms with Crippen LogP contribution >= 0.6 is 0 Å². The van der Waals surface area contributed by atoms with Crippen molar-refractivity contribution in [3.05, 3.63) is 76.6 Å². The second-order valence-electron chi connectivity index (χ2n) is 6.98. The molecule has 2 aromatic heterocycles. The van der Waals surface area contributed by atoms with Gasteiger partial charge in [-0.05, 0) is 26.0 Å². The number of hydrogen-bond acceptors (Lipinski definition) is 7. The van der Waals surface area contributed by atoms with Crippen LogP contribution in [-0.4, -0.2) is 48.6 Å². The van der Waals surface area contributed by atoms with E-state index in [2.05, 4.69) is 0 Å². The first-order chi connectivity index (χ1) is 15.6. The molecule has 1 aromatic carbocycles. The molecule has 0 bridgehead atoms. The third-order valence-electron chi connectivity index (χ3n) is 5.06. The molecular weight excluding hydrogens is 414 g/mol. The topological polar surface area (TPSA) is 92.5 Å². The maximum Gasteiger partial charge on any atom is 0.341 e. The van der Waals surface area contributed by atoms with Crippen LogP contribution in [0.3, 0.4) is 0 Å². The monoisotopic (exact) mass is 437 g/mol. The lowest BCUT2D eigenvalue weighted by molar-refractivity contribution is -0.0481. The van der Waals surface area contributed by atoms with E-state index < -0.39 is 24.0 Å². The van der Waals surface area contributed by atoms with Crippen molar-refractivity contribution in [3.63, 3.8) is 0 Å². The Labute approximate surface area is 184 Å². The molecule has 0 atom stereocenters. The van der Waals surface area contributed by atoms with Gasteiger partial charge in [0.05, 0.1) is 37.6 Å². The molecule has 0 aliphatic carbocycles. The molecule has 1 saturated heterocycles. The summed E-state index contributed by atoms with van der Waals surface area (Å²) in [6.45, 7) is 4.28. The van der Waals surface area contributed by atoms with Crippen LogP contribution in [0.4, 0.5) is 0 Å². The second kappa shape index (κ2) is 9.33. The van der Waals surface area contributed by atoms with Gasteiger partial charge in [-0.3, -0.25) is 4.79 Å². The number of nitrogens with zero attached hydrogens (tertiary/aromatic N) is 1. The zero-order chi connectivity index (χ0) is 22.7. The summed E-state index contributed by atoms with van der Waals surface area (Å²) in [6.07, 6.45) is -0.751. The fraction of sp³-hybridized carbons (Fsp3) is 0.292. The van der Waals surface area contributed by atoms with Crippen molar-refractivity contribution in [2.45, 2.75) is 20.1 Å². The summed E-state index contributed by atoms with van der Waals surface area (Å²) in [6, 6.07) is 13.6. The van der Waals surface area contributed by atoms with Crippen molar-refractivity contribution in [3.8, 4) is 0 Å². The van der Waals surface area contributed by atoms with Crippen LogP contribution in [0, 0.1) is 0 Å². The number of aromatic nitrogens is 1. The number of ketones is 1. The molecule has 3 heterocycles. The Bertz CT molecular complexity index is 1160. The first kappa shape index (κ1) is 21.7. The quantitative estimate of drug-likeness (QED) is 0.412. The van der Waals surface area contributed by atoms with Crippen LogP contribution in [0.15, 0.2) is 48.5 Å². The number of fused-ring (bicyclic) bond motifs is 1. The minimum Gasteiger partial charge on any atom is -0.462 e. The van der Waals surface area contributed by atoms with E-state index in [0.29, 0.717) is 30.0 Å². The molecule has 1 aliphatic heterocycles. The number of benzene rings is 1. The van der Waals surface area contributed by atoms with Crippen LogP contribution in [-0.2, 0) is 18.9 Å². The van der Waals surface area contributed by atoms with Crippen molar-refractivity contribution in [2.75, 3.05) is 26.4 Å². The van der Waals surface area contributed by atoms with Crippen molar-refractivity contribution in [2.24, 2.45) is 0 Å². The Morgan fingerprint density at radius 2 is 1.50 bits per heavy atom.